The van der Waals surface area contributed by atoms with Gasteiger partial charge < -0.3 is 9.05 Å². The topological polar surface area (TPSA) is 96.8 Å². The third-order valence-electron chi connectivity index (χ3n) is 2.28. The van der Waals surface area contributed by atoms with E-state index in [9.17, 15) is 4.57 Å². The first-order valence-corrected chi connectivity index (χ1v) is 7.01. The van der Waals surface area contributed by atoms with Crippen molar-refractivity contribution in [2.24, 2.45) is 5.11 Å². The van der Waals surface area contributed by atoms with Gasteiger partial charge in [0.25, 0.3) is 0 Å². The second-order valence-corrected chi connectivity index (χ2v) is 5.60. The van der Waals surface area contributed by atoms with E-state index in [1.807, 2.05) is 0 Å². The number of hydrogen-bond donors (Lipinski definition) is 0. The van der Waals surface area contributed by atoms with Crippen LogP contribution >= 0.6 is 7.60 Å². The van der Waals surface area contributed by atoms with Crippen molar-refractivity contribution in [1.82, 2.24) is 5.06 Å². The molecule has 0 saturated carbocycles. The van der Waals surface area contributed by atoms with Gasteiger partial charge in [-0.3, -0.25) is 9.40 Å². The summed E-state index contributed by atoms with van der Waals surface area (Å²) in [5.41, 5.74) is 8.34. The summed E-state index contributed by atoms with van der Waals surface area (Å²) in [6, 6.07) is 0. The molecule has 0 amide bonds. The minimum Gasteiger partial charge on any atom is -0.308 e. The highest BCUT2D eigenvalue weighted by Gasteiger charge is 2.45. The van der Waals surface area contributed by atoms with E-state index in [4.69, 9.17) is 19.4 Å². The Labute approximate surface area is 99.9 Å². The van der Waals surface area contributed by atoms with Crippen LogP contribution in [0.4, 0.5) is 0 Å². The van der Waals surface area contributed by atoms with E-state index in [2.05, 4.69) is 10.0 Å². The van der Waals surface area contributed by atoms with E-state index in [0.717, 1.165) is 0 Å². The lowest BCUT2D eigenvalue weighted by molar-refractivity contribution is -0.132. The normalized spacial score (nSPS) is 25.8. The van der Waals surface area contributed by atoms with Gasteiger partial charge in [0.2, 0.25) is 0 Å². The Balaban J connectivity index is 2.81. The average molecular weight is 264 g/mol. The standard InChI is InChI=1S/C8H17N4O4P/c1-4-14-17(13,15-5-2)8-6-7(10-11-9)16-12(8)3/h7-8H,4-6H2,1-3H3/t7-,8+/m0/s1. The molecule has 8 nitrogen and oxygen atoms in total. The molecule has 1 aliphatic heterocycles. The van der Waals surface area contributed by atoms with E-state index in [1.54, 1.807) is 20.9 Å². The molecule has 1 saturated heterocycles. The van der Waals surface area contributed by atoms with Crippen molar-refractivity contribution in [3.8, 4) is 0 Å². The molecular weight excluding hydrogens is 247 g/mol. The van der Waals surface area contributed by atoms with Crippen molar-refractivity contribution in [2.75, 3.05) is 20.3 Å². The maximum absolute atomic E-state index is 12.5. The highest BCUT2D eigenvalue weighted by molar-refractivity contribution is 7.54. The lowest BCUT2D eigenvalue weighted by atomic mass is 10.4. The van der Waals surface area contributed by atoms with Crippen LogP contribution in [0.15, 0.2) is 5.11 Å². The van der Waals surface area contributed by atoms with Gasteiger partial charge in [0.15, 0.2) is 6.23 Å². The highest BCUT2D eigenvalue weighted by Crippen LogP contribution is 2.57. The smallest absolute Gasteiger partial charge is 0.308 e. The molecule has 0 aromatic heterocycles. The van der Waals surface area contributed by atoms with Gasteiger partial charge in [-0.25, -0.2) is 0 Å². The van der Waals surface area contributed by atoms with Crippen LogP contribution in [-0.2, 0) is 18.5 Å². The molecule has 98 valence electrons. The molecule has 0 aromatic rings. The Morgan fingerprint density at radius 3 is 2.59 bits per heavy atom. The summed E-state index contributed by atoms with van der Waals surface area (Å²) in [6.45, 7) is 4.06. The van der Waals surface area contributed by atoms with Crippen molar-refractivity contribution >= 4 is 7.60 Å². The molecule has 1 heterocycles. The molecule has 2 atom stereocenters. The van der Waals surface area contributed by atoms with Gasteiger partial charge in [0, 0.05) is 18.4 Å². The zero-order chi connectivity index (χ0) is 12.9. The van der Waals surface area contributed by atoms with Crippen molar-refractivity contribution in [3.63, 3.8) is 0 Å². The zero-order valence-corrected chi connectivity index (χ0v) is 11.0. The number of nitrogens with zero attached hydrogens (tertiary/aromatic N) is 4. The summed E-state index contributed by atoms with van der Waals surface area (Å²) in [5, 5.41) is 4.82. The first-order valence-electron chi connectivity index (χ1n) is 5.40. The number of azide groups is 1. The molecule has 1 rings (SSSR count). The maximum atomic E-state index is 12.5. The monoisotopic (exact) mass is 264 g/mol. The van der Waals surface area contributed by atoms with E-state index in [1.165, 1.54) is 5.06 Å². The van der Waals surface area contributed by atoms with E-state index < -0.39 is 19.6 Å². The number of rotatable bonds is 6. The molecule has 1 fully saturated rings. The number of hydrogen-bond acceptors (Lipinski definition) is 6. The summed E-state index contributed by atoms with van der Waals surface area (Å²) in [5.74, 6) is -0.544. The van der Waals surface area contributed by atoms with Crippen molar-refractivity contribution in [2.45, 2.75) is 32.3 Å². The molecule has 0 aliphatic carbocycles. The van der Waals surface area contributed by atoms with Crippen LogP contribution in [0.5, 0.6) is 0 Å². The van der Waals surface area contributed by atoms with Gasteiger partial charge >= 0.3 is 7.60 Å². The van der Waals surface area contributed by atoms with E-state index in [-0.39, 0.29) is 19.6 Å². The van der Waals surface area contributed by atoms with Crippen molar-refractivity contribution in [1.29, 1.82) is 0 Å². The number of hydroxylamine groups is 2. The summed E-state index contributed by atoms with van der Waals surface area (Å²) < 4.78 is 22.9. The molecule has 0 unspecified atom stereocenters. The molecule has 0 N–H and O–H groups in total. The lowest BCUT2D eigenvalue weighted by Crippen LogP contribution is -2.25. The van der Waals surface area contributed by atoms with Gasteiger partial charge in [0.1, 0.15) is 5.78 Å². The lowest BCUT2D eigenvalue weighted by Gasteiger charge is -2.25. The Morgan fingerprint density at radius 2 is 2.12 bits per heavy atom. The molecule has 9 heteroatoms. The Hall–Kier alpha value is -0.620. The van der Waals surface area contributed by atoms with Crippen LogP contribution in [0.1, 0.15) is 20.3 Å². The third kappa shape index (κ3) is 3.42. The van der Waals surface area contributed by atoms with Crippen LogP contribution in [0.2, 0.25) is 0 Å². The summed E-state index contributed by atoms with van der Waals surface area (Å²) in [4.78, 5) is 7.90. The maximum Gasteiger partial charge on any atom is 0.350 e. The van der Waals surface area contributed by atoms with Crippen LogP contribution in [0.25, 0.3) is 10.4 Å². The van der Waals surface area contributed by atoms with Crippen LogP contribution in [0, 0.1) is 0 Å². The van der Waals surface area contributed by atoms with Crippen LogP contribution < -0.4 is 0 Å². The molecule has 0 bridgehead atoms. The van der Waals surface area contributed by atoms with Crippen molar-refractivity contribution < 1.29 is 18.5 Å². The minimum atomic E-state index is -3.27. The SMILES string of the molecule is CCOP(=O)(OCC)[C@@H]1C[C@@H](N=[N+]=[N-])ON1C. The first kappa shape index (κ1) is 14.4. The summed E-state index contributed by atoms with van der Waals surface area (Å²) in [6.07, 6.45) is -0.373. The fourth-order valence-electron chi connectivity index (χ4n) is 1.66. The minimum absolute atomic E-state index is 0.286. The Morgan fingerprint density at radius 1 is 1.53 bits per heavy atom. The molecule has 0 spiro atoms. The highest BCUT2D eigenvalue weighted by atomic mass is 31.2. The summed E-state index contributed by atoms with van der Waals surface area (Å²) >= 11 is 0. The zero-order valence-electron chi connectivity index (χ0n) is 10.1. The average Bonchev–Trinajstić information content (AvgIpc) is 2.61. The molecule has 0 radical (unpaired) electrons. The third-order valence-corrected chi connectivity index (χ3v) is 4.79. The van der Waals surface area contributed by atoms with Crippen LogP contribution in [0.3, 0.4) is 0 Å². The Kier molecular flexibility index (Phi) is 5.39. The predicted molar refractivity (Wildman–Crippen MR) is 61.0 cm³/mol. The van der Waals surface area contributed by atoms with Gasteiger partial charge in [-0.15, -0.1) is 0 Å². The first-order chi connectivity index (χ1) is 8.07. The predicted octanol–water partition coefficient (Wildman–Crippen LogP) is 2.48. The molecule has 1 aliphatic rings. The van der Waals surface area contributed by atoms with Gasteiger partial charge in [-0.1, -0.05) is 5.11 Å². The van der Waals surface area contributed by atoms with Gasteiger partial charge in [-0.2, -0.15) is 5.06 Å². The largest absolute Gasteiger partial charge is 0.350 e. The fourth-order valence-corrected chi connectivity index (χ4v) is 3.69. The van der Waals surface area contributed by atoms with Crippen molar-refractivity contribution in [3.05, 3.63) is 10.4 Å². The van der Waals surface area contributed by atoms with E-state index in [0.29, 0.717) is 0 Å². The molecular formula is C8H17N4O4P. The molecule has 0 aromatic carbocycles. The Bertz CT molecular complexity index is 336. The van der Waals surface area contributed by atoms with Gasteiger partial charge in [0.05, 0.1) is 13.2 Å². The van der Waals surface area contributed by atoms with Crippen LogP contribution in [-0.4, -0.2) is 37.3 Å². The molecule has 17 heavy (non-hydrogen) atoms. The summed E-state index contributed by atoms with van der Waals surface area (Å²) in [7, 11) is -1.65. The second kappa shape index (κ2) is 6.35. The van der Waals surface area contributed by atoms with Gasteiger partial charge in [-0.05, 0) is 19.4 Å². The quantitative estimate of drug-likeness (QED) is 0.317. The fraction of sp³-hybridized carbons (Fsp3) is 1.00. The second-order valence-electron chi connectivity index (χ2n) is 3.40. The van der Waals surface area contributed by atoms with E-state index >= 15 is 0 Å².